The minimum absolute atomic E-state index is 0.0240. The van der Waals surface area contributed by atoms with Crippen molar-refractivity contribution < 1.29 is 43.0 Å². The maximum Gasteiger partial charge on any atom is 0.328 e. The SMILES string of the molecule is [N-]=[N+]=C1C=C(OCCCP(=O)(O)O)C(Nc2ccccc2)=CC1OCCCP(=O)(O)O. The van der Waals surface area contributed by atoms with E-state index in [0.29, 0.717) is 5.70 Å². The molecule has 0 saturated carbocycles. The Balaban J connectivity index is 2.12. The summed E-state index contributed by atoms with van der Waals surface area (Å²) in [4.78, 5) is 39.0. The fourth-order valence-electron chi connectivity index (χ4n) is 2.67. The van der Waals surface area contributed by atoms with Gasteiger partial charge < -0.3 is 39.9 Å². The first-order chi connectivity index (χ1) is 14.6. The molecule has 1 unspecified atom stereocenters. The Bertz CT molecular complexity index is 948. The lowest BCUT2D eigenvalue weighted by Gasteiger charge is -2.21. The summed E-state index contributed by atoms with van der Waals surface area (Å²) in [5, 5.41) is 3.15. The van der Waals surface area contributed by atoms with Crippen molar-refractivity contribution in [2.24, 2.45) is 0 Å². The summed E-state index contributed by atoms with van der Waals surface area (Å²) in [6.07, 6.45) is 1.81. The maximum atomic E-state index is 11.0. The summed E-state index contributed by atoms with van der Waals surface area (Å²) >= 11 is 0. The maximum absolute atomic E-state index is 11.0. The van der Waals surface area contributed by atoms with Crippen molar-refractivity contribution in [2.75, 3.05) is 30.9 Å². The number of hydrogen-bond acceptors (Lipinski definition) is 5. The average molecular weight is 473 g/mol. The Morgan fingerprint density at radius 2 is 1.61 bits per heavy atom. The molecule has 13 heteroatoms. The summed E-state index contributed by atoms with van der Waals surface area (Å²) in [5.41, 5.74) is 10.7. The van der Waals surface area contributed by atoms with E-state index in [1.807, 2.05) is 30.3 Å². The molecule has 0 fully saturated rings. The van der Waals surface area contributed by atoms with Crippen LogP contribution in [0.2, 0.25) is 0 Å². The normalized spacial score (nSPS) is 16.9. The predicted molar refractivity (Wildman–Crippen MR) is 114 cm³/mol. The van der Waals surface area contributed by atoms with Crippen molar-refractivity contribution in [3.05, 3.63) is 59.5 Å². The first-order valence-corrected chi connectivity index (χ1v) is 13.0. The molecule has 0 aromatic heterocycles. The van der Waals surface area contributed by atoms with Crippen molar-refractivity contribution in [3.63, 3.8) is 0 Å². The second-order valence-electron chi connectivity index (χ2n) is 6.73. The quantitative estimate of drug-likeness (QED) is 0.131. The largest absolute Gasteiger partial charge is 0.491 e. The molecule has 31 heavy (non-hydrogen) atoms. The highest BCUT2D eigenvalue weighted by atomic mass is 31.2. The predicted octanol–water partition coefficient (Wildman–Crippen LogP) is 2.09. The first-order valence-electron chi connectivity index (χ1n) is 9.39. The van der Waals surface area contributed by atoms with Gasteiger partial charge in [0.15, 0.2) is 6.10 Å². The molecule has 1 atom stereocenters. The zero-order chi connectivity index (χ0) is 22.9. The summed E-state index contributed by atoms with van der Waals surface area (Å²) in [6.45, 7) is 0.0491. The fourth-order valence-corrected chi connectivity index (χ4v) is 3.75. The molecule has 2 rings (SSSR count). The molecule has 1 aliphatic carbocycles. The summed E-state index contributed by atoms with van der Waals surface area (Å²) in [6, 6.07) is 9.13. The van der Waals surface area contributed by atoms with Gasteiger partial charge in [-0.25, -0.2) is 0 Å². The van der Waals surface area contributed by atoms with Crippen LogP contribution in [0.25, 0.3) is 5.53 Å². The highest BCUT2D eigenvalue weighted by molar-refractivity contribution is 7.52. The molecule has 11 nitrogen and oxygen atoms in total. The van der Waals surface area contributed by atoms with Crippen LogP contribution >= 0.6 is 15.2 Å². The van der Waals surface area contributed by atoms with E-state index < -0.39 is 21.3 Å². The topological polar surface area (TPSA) is 182 Å². The second kappa shape index (κ2) is 11.5. The van der Waals surface area contributed by atoms with Crippen LogP contribution in [-0.2, 0) is 18.6 Å². The minimum Gasteiger partial charge on any atom is -0.491 e. The monoisotopic (exact) mass is 473 g/mol. The van der Waals surface area contributed by atoms with Crippen LogP contribution in [0.1, 0.15) is 12.8 Å². The van der Waals surface area contributed by atoms with Crippen LogP contribution in [-0.4, -0.2) is 61.7 Å². The van der Waals surface area contributed by atoms with Gasteiger partial charge in [-0.05, 0) is 31.1 Å². The Hall–Kier alpha value is -2.06. The Kier molecular flexibility index (Phi) is 9.37. The second-order valence-corrected chi connectivity index (χ2v) is 10.3. The van der Waals surface area contributed by atoms with Gasteiger partial charge in [-0.3, -0.25) is 9.13 Å². The van der Waals surface area contributed by atoms with E-state index in [2.05, 4.69) is 10.1 Å². The van der Waals surface area contributed by atoms with E-state index in [4.69, 9.17) is 29.0 Å². The van der Waals surface area contributed by atoms with Crippen LogP contribution in [0, 0.1) is 0 Å². The molecule has 1 aliphatic rings. The fraction of sp³-hybridized carbons (Fsp3) is 0.389. The van der Waals surface area contributed by atoms with Crippen molar-refractivity contribution in [2.45, 2.75) is 18.9 Å². The zero-order valence-corrected chi connectivity index (χ0v) is 18.4. The molecule has 0 heterocycles. The zero-order valence-electron chi connectivity index (χ0n) is 16.6. The molecule has 5 N–H and O–H groups in total. The Morgan fingerprint density at radius 1 is 1.00 bits per heavy atom. The van der Waals surface area contributed by atoms with E-state index in [-0.39, 0.29) is 49.9 Å². The number of hydrogen-bond donors (Lipinski definition) is 5. The molecule has 170 valence electrons. The van der Waals surface area contributed by atoms with E-state index in [1.165, 1.54) is 6.08 Å². The van der Waals surface area contributed by atoms with Crippen LogP contribution in [0.4, 0.5) is 5.69 Å². The molecule has 0 aliphatic heterocycles. The van der Waals surface area contributed by atoms with Gasteiger partial charge in [-0.1, -0.05) is 18.2 Å². The van der Waals surface area contributed by atoms with Crippen molar-refractivity contribution in [1.82, 2.24) is 0 Å². The van der Waals surface area contributed by atoms with E-state index in [1.54, 1.807) is 6.08 Å². The Morgan fingerprint density at radius 3 is 2.19 bits per heavy atom. The van der Waals surface area contributed by atoms with Crippen LogP contribution in [0.3, 0.4) is 0 Å². The number of nitrogens with one attached hydrogen (secondary N) is 1. The molecule has 0 radical (unpaired) electrons. The van der Waals surface area contributed by atoms with E-state index in [9.17, 15) is 14.7 Å². The van der Waals surface area contributed by atoms with E-state index >= 15 is 0 Å². The summed E-state index contributed by atoms with van der Waals surface area (Å²) < 4.78 is 33.2. The number of anilines is 1. The lowest BCUT2D eigenvalue weighted by atomic mass is 10.0. The van der Waals surface area contributed by atoms with Gasteiger partial charge in [0.1, 0.15) is 5.76 Å². The number of benzene rings is 1. The van der Waals surface area contributed by atoms with Gasteiger partial charge in [0.25, 0.3) is 0 Å². The van der Waals surface area contributed by atoms with Crippen LogP contribution < -0.4 is 5.32 Å². The molecular formula is C18H25N3O8P2. The third-order valence-corrected chi connectivity index (χ3v) is 5.86. The Labute approximate surface area is 179 Å². The lowest BCUT2D eigenvalue weighted by molar-refractivity contribution is -0.0231. The standard InChI is InChI=1S/C18H25N3O8P2/c19-21-16-13-17(28-8-4-10-30(22,23)24)15(20-14-6-2-1-3-7-14)12-18(16)29-9-5-11-31(25,26)27/h1-3,6-7,12-13,18,20H,4-5,8-11H2,(H2,22,23,24)(H2,25,26,27). The lowest BCUT2D eigenvalue weighted by Crippen LogP contribution is -2.28. The van der Waals surface area contributed by atoms with Gasteiger partial charge in [-0.2, -0.15) is 4.79 Å². The number of rotatable bonds is 12. The highest BCUT2D eigenvalue weighted by Crippen LogP contribution is 2.35. The van der Waals surface area contributed by atoms with E-state index in [0.717, 1.165) is 5.69 Å². The average Bonchev–Trinajstić information content (AvgIpc) is 2.69. The molecule has 1 aromatic rings. The van der Waals surface area contributed by atoms with Crippen molar-refractivity contribution in [3.8, 4) is 0 Å². The summed E-state index contributed by atoms with van der Waals surface area (Å²) in [5.74, 6) is 0.289. The number of para-hydroxylation sites is 1. The van der Waals surface area contributed by atoms with Gasteiger partial charge in [0.2, 0.25) is 0 Å². The van der Waals surface area contributed by atoms with Crippen LogP contribution in [0.15, 0.2) is 53.9 Å². The minimum atomic E-state index is -4.13. The first kappa shape index (κ1) is 25.2. The highest BCUT2D eigenvalue weighted by Gasteiger charge is 2.29. The van der Waals surface area contributed by atoms with Gasteiger partial charge in [0, 0.05) is 12.3 Å². The van der Waals surface area contributed by atoms with Gasteiger partial charge in [-0.15, -0.1) is 0 Å². The third-order valence-electron chi connectivity index (χ3n) is 4.06. The van der Waals surface area contributed by atoms with Crippen LogP contribution in [0.5, 0.6) is 0 Å². The summed E-state index contributed by atoms with van der Waals surface area (Å²) in [7, 11) is -8.26. The van der Waals surface area contributed by atoms with Gasteiger partial charge >= 0.3 is 20.9 Å². The number of ether oxygens (including phenoxy) is 2. The molecule has 0 amide bonds. The smallest absolute Gasteiger partial charge is 0.328 e. The third kappa shape index (κ3) is 9.74. The molecule has 0 saturated heterocycles. The molecule has 0 spiro atoms. The van der Waals surface area contributed by atoms with Crippen molar-refractivity contribution >= 4 is 26.6 Å². The number of nitrogens with zero attached hydrogens (tertiary/aromatic N) is 2. The molecule has 0 bridgehead atoms. The molecule has 1 aromatic carbocycles. The van der Waals surface area contributed by atoms with Crippen molar-refractivity contribution in [1.29, 1.82) is 0 Å². The molecular weight excluding hydrogens is 448 g/mol. The van der Waals surface area contributed by atoms with Gasteiger partial charge in [0.05, 0.1) is 30.7 Å².